The van der Waals surface area contributed by atoms with Gasteiger partial charge < -0.3 is 15.6 Å². The van der Waals surface area contributed by atoms with Gasteiger partial charge in [0.25, 0.3) is 5.91 Å². The van der Waals surface area contributed by atoms with Crippen LogP contribution in [0.2, 0.25) is 0 Å². The van der Waals surface area contributed by atoms with E-state index in [1.54, 1.807) is 0 Å². The first kappa shape index (κ1) is 20.6. The number of hydrogen-bond acceptors (Lipinski definition) is 3. The molecule has 1 unspecified atom stereocenters. The first-order valence-electron chi connectivity index (χ1n) is 10.1. The molecule has 1 aliphatic rings. The minimum atomic E-state index is -0.234. The summed E-state index contributed by atoms with van der Waals surface area (Å²) in [4.78, 5) is 27.0. The zero-order valence-corrected chi connectivity index (χ0v) is 18.5. The van der Waals surface area contributed by atoms with E-state index in [0.717, 1.165) is 46.0 Å². The Morgan fingerprint density at radius 1 is 1.17 bits per heavy atom. The molecule has 1 fully saturated rings. The van der Waals surface area contributed by atoms with Crippen molar-refractivity contribution in [1.29, 1.82) is 0 Å². The number of para-hydroxylation sites is 2. The normalized spacial score (nSPS) is 17.2. The fourth-order valence-electron chi connectivity index (χ4n) is 4.23. The Labute approximate surface area is 184 Å². The molecule has 0 saturated carbocycles. The molecule has 0 radical (unpaired) electrons. The highest BCUT2D eigenvalue weighted by atomic mass is 79.9. The van der Waals surface area contributed by atoms with E-state index in [0.29, 0.717) is 18.8 Å². The topological polar surface area (TPSA) is 80.4 Å². The molecular formula is C23H25BrN4O2. The number of rotatable bonds is 5. The van der Waals surface area contributed by atoms with Crippen LogP contribution in [0.3, 0.4) is 0 Å². The van der Waals surface area contributed by atoms with Gasteiger partial charge in [0.2, 0.25) is 5.91 Å². The van der Waals surface area contributed by atoms with E-state index in [9.17, 15) is 9.59 Å². The fourth-order valence-corrected chi connectivity index (χ4v) is 5.01. The number of nitrogens with zero attached hydrogens (tertiary/aromatic N) is 2. The van der Waals surface area contributed by atoms with Gasteiger partial charge in [0.05, 0.1) is 10.4 Å². The van der Waals surface area contributed by atoms with E-state index < -0.39 is 0 Å². The molecule has 3 N–H and O–H groups in total. The largest absolute Gasteiger partial charge is 0.369 e. The zero-order valence-electron chi connectivity index (χ0n) is 16.9. The molecule has 4 rings (SSSR count). The Hall–Kier alpha value is -2.64. The van der Waals surface area contributed by atoms with Crippen LogP contribution >= 0.6 is 15.9 Å². The standard InChI is InChI=1S/C23H25BrN4O2/c1-27-19-11-5-3-9-17(19)20(24)21(27)23(30)26-18-10-4-2-7-15(18)13-28-12-6-8-16(14-28)22(25)29/h2-5,7,9-11,16H,6,8,12-14H2,1H3,(H2,25,29)(H,26,30). The number of anilines is 1. The summed E-state index contributed by atoms with van der Waals surface area (Å²) in [5.41, 5.74) is 8.89. The van der Waals surface area contributed by atoms with Gasteiger partial charge in [-0.25, -0.2) is 0 Å². The lowest BCUT2D eigenvalue weighted by Crippen LogP contribution is -2.40. The van der Waals surface area contributed by atoms with Gasteiger partial charge in [-0.15, -0.1) is 0 Å². The maximum atomic E-state index is 13.2. The van der Waals surface area contributed by atoms with Crippen molar-refractivity contribution in [3.05, 3.63) is 64.3 Å². The highest BCUT2D eigenvalue weighted by molar-refractivity contribution is 9.10. The molecule has 0 spiro atoms. The van der Waals surface area contributed by atoms with Crippen LogP contribution in [0.25, 0.3) is 10.9 Å². The van der Waals surface area contributed by atoms with Crippen LogP contribution < -0.4 is 11.1 Å². The summed E-state index contributed by atoms with van der Waals surface area (Å²) in [6, 6.07) is 15.7. The van der Waals surface area contributed by atoms with Gasteiger partial charge in [0, 0.05) is 36.7 Å². The van der Waals surface area contributed by atoms with E-state index in [4.69, 9.17) is 5.73 Å². The molecule has 1 atom stereocenters. The Kier molecular flexibility index (Phi) is 5.92. The molecule has 0 bridgehead atoms. The number of benzene rings is 2. The van der Waals surface area contributed by atoms with Crippen LogP contribution in [0.1, 0.15) is 28.9 Å². The summed E-state index contributed by atoms with van der Waals surface area (Å²) in [5, 5.41) is 4.09. The summed E-state index contributed by atoms with van der Waals surface area (Å²) in [5.74, 6) is -0.504. The molecule has 3 aromatic rings. The van der Waals surface area contributed by atoms with Crippen LogP contribution in [0.15, 0.2) is 53.0 Å². The second-order valence-corrected chi connectivity index (χ2v) is 8.62. The van der Waals surface area contributed by atoms with Crippen molar-refractivity contribution in [3.63, 3.8) is 0 Å². The number of carbonyl (C=O) groups excluding carboxylic acids is 2. The minimum Gasteiger partial charge on any atom is -0.369 e. The van der Waals surface area contributed by atoms with Crippen molar-refractivity contribution >= 4 is 44.3 Å². The van der Waals surface area contributed by atoms with Gasteiger partial charge in [-0.05, 0) is 53.0 Å². The van der Waals surface area contributed by atoms with Crippen molar-refractivity contribution in [2.24, 2.45) is 18.7 Å². The Morgan fingerprint density at radius 3 is 2.67 bits per heavy atom. The van der Waals surface area contributed by atoms with Crippen LogP contribution in [-0.2, 0) is 18.4 Å². The van der Waals surface area contributed by atoms with Crippen molar-refractivity contribution in [2.45, 2.75) is 19.4 Å². The zero-order chi connectivity index (χ0) is 21.3. The number of nitrogens with two attached hydrogens (primary N) is 1. The first-order chi connectivity index (χ1) is 14.5. The third-order valence-corrected chi connectivity index (χ3v) is 6.63. The first-order valence-corrected chi connectivity index (χ1v) is 10.9. The lowest BCUT2D eigenvalue weighted by molar-refractivity contribution is -0.123. The molecule has 30 heavy (non-hydrogen) atoms. The average Bonchev–Trinajstić information content (AvgIpc) is 3.00. The Morgan fingerprint density at radius 2 is 1.90 bits per heavy atom. The Balaban J connectivity index is 1.56. The van der Waals surface area contributed by atoms with Crippen molar-refractivity contribution < 1.29 is 9.59 Å². The smallest absolute Gasteiger partial charge is 0.273 e. The number of aromatic nitrogens is 1. The van der Waals surface area contributed by atoms with E-state index in [1.165, 1.54) is 0 Å². The molecule has 0 aliphatic carbocycles. The third kappa shape index (κ3) is 4.00. The number of nitrogens with one attached hydrogen (secondary N) is 1. The quantitative estimate of drug-likeness (QED) is 0.595. The number of carbonyl (C=O) groups is 2. The second kappa shape index (κ2) is 8.62. The molecule has 1 aliphatic heterocycles. The highest BCUT2D eigenvalue weighted by Gasteiger charge is 2.25. The molecule has 1 saturated heterocycles. The summed E-state index contributed by atoms with van der Waals surface area (Å²) in [6.45, 7) is 2.24. The SMILES string of the molecule is Cn1c(C(=O)Nc2ccccc2CN2CCCC(C(N)=O)C2)c(Br)c2ccccc21. The minimum absolute atomic E-state index is 0.104. The monoisotopic (exact) mass is 468 g/mol. The van der Waals surface area contributed by atoms with Gasteiger partial charge in [0.1, 0.15) is 5.69 Å². The van der Waals surface area contributed by atoms with Gasteiger partial charge in [-0.2, -0.15) is 0 Å². The Bertz CT molecular complexity index is 1070. The van der Waals surface area contributed by atoms with Crippen LogP contribution in [0, 0.1) is 5.92 Å². The van der Waals surface area contributed by atoms with Crippen LogP contribution in [-0.4, -0.2) is 34.4 Å². The van der Waals surface area contributed by atoms with Gasteiger partial charge >= 0.3 is 0 Å². The number of piperidine rings is 1. The lowest BCUT2D eigenvalue weighted by Gasteiger charge is -2.31. The number of hydrogen-bond donors (Lipinski definition) is 2. The number of halogens is 1. The van der Waals surface area contributed by atoms with Crippen molar-refractivity contribution in [2.75, 3.05) is 18.4 Å². The molecule has 7 heteroatoms. The fraction of sp³-hybridized carbons (Fsp3) is 0.304. The summed E-state index contributed by atoms with van der Waals surface area (Å²) >= 11 is 3.60. The highest BCUT2D eigenvalue weighted by Crippen LogP contribution is 2.31. The molecule has 2 amide bonds. The number of aryl methyl sites for hydroxylation is 1. The lowest BCUT2D eigenvalue weighted by atomic mass is 9.97. The molecule has 2 heterocycles. The van der Waals surface area contributed by atoms with Gasteiger partial charge in [0.15, 0.2) is 0 Å². The van der Waals surface area contributed by atoms with E-state index in [1.807, 2.05) is 60.1 Å². The van der Waals surface area contributed by atoms with Gasteiger partial charge in [-0.3, -0.25) is 14.5 Å². The van der Waals surface area contributed by atoms with Gasteiger partial charge in [-0.1, -0.05) is 36.4 Å². The summed E-state index contributed by atoms with van der Waals surface area (Å²) in [7, 11) is 1.89. The van der Waals surface area contributed by atoms with Crippen LogP contribution in [0.5, 0.6) is 0 Å². The van der Waals surface area contributed by atoms with E-state index in [2.05, 4.69) is 26.1 Å². The molecule has 1 aromatic heterocycles. The summed E-state index contributed by atoms with van der Waals surface area (Å²) in [6.07, 6.45) is 1.80. The molecular weight excluding hydrogens is 444 g/mol. The van der Waals surface area contributed by atoms with Crippen LogP contribution in [0.4, 0.5) is 5.69 Å². The molecule has 6 nitrogen and oxygen atoms in total. The average molecular weight is 469 g/mol. The van der Waals surface area contributed by atoms with Crippen molar-refractivity contribution in [1.82, 2.24) is 9.47 Å². The maximum absolute atomic E-state index is 13.2. The number of amides is 2. The molecule has 156 valence electrons. The predicted molar refractivity (Wildman–Crippen MR) is 122 cm³/mol. The predicted octanol–water partition coefficient (Wildman–Crippen LogP) is 3.89. The number of likely N-dealkylation sites (tertiary alicyclic amines) is 1. The summed E-state index contributed by atoms with van der Waals surface area (Å²) < 4.78 is 2.69. The van der Waals surface area contributed by atoms with E-state index >= 15 is 0 Å². The molecule has 2 aromatic carbocycles. The maximum Gasteiger partial charge on any atom is 0.273 e. The van der Waals surface area contributed by atoms with Crippen molar-refractivity contribution in [3.8, 4) is 0 Å². The number of fused-ring (bicyclic) bond motifs is 1. The third-order valence-electron chi connectivity index (χ3n) is 5.83. The number of primary amides is 1. The van der Waals surface area contributed by atoms with E-state index in [-0.39, 0.29) is 17.7 Å². The second-order valence-electron chi connectivity index (χ2n) is 7.83.